The van der Waals surface area contributed by atoms with Crippen LogP contribution in [0.3, 0.4) is 0 Å². The Hall–Kier alpha value is -2.03. The van der Waals surface area contributed by atoms with Crippen LogP contribution in [-0.4, -0.2) is 4.98 Å². The molecule has 0 saturated carbocycles. The third kappa shape index (κ3) is 2.75. The molecule has 0 amide bonds. The van der Waals surface area contributed by atoms with Gasteiger partial charge in [0, 0.05) is 5.69 Å². The highest BCUT2D eigenvalue weighted by molar-refractivity contribution is 5.61. The molecule has 0 atom stereocenters. The Labute approximate surface area is 102 Å². The Bertz CT molecular complexity index is 503. The molecule has 0 saturated heterocycles. The van der Waals surface area contributed by atoms with Gasteiger partial charge in [0.15, 0.2) is 0 Å². The second-order valence-electron chi connectivity index (χ2n) is 4.09. The zero-order valence-electron chi connectivity index (χ0n) is 10.2. The predicted octanol–water partition coefficient (Wildman–Crippen LogP) is 3.28. The lowest BCUT2D eigenvalue weighted by Gasteiger charge is -2.09. The van der Waals surface area contributed by atoms with E-state index in [-0.39, 0.29) is 0 Å². The van der Waals surface area contributed by atoms with E-state index >= 15 is 0 Å². The number of nitrogens with one attached hydrogen (secondary N) is 1. The fourth-order valence-electron chi connectivity index (χ4n) is 1.82. The molecule has 17 heavy (non-hydrogen) atoms. The number of benzene rings is 1. The molecule has 2 rings (SSSR count). The summed E-state index contributed by atoms with van der Waals surface area (Å²) in [5.74, 6) is 0.535. The Balaban J connectivity index is 2.19. The monoisotopic (exact) mass is 227 g/mol. The van der Waals surface area contributed by atoms with Gasteiger partial charge in [-0.1, -0.05) is 13.0 Å². The van der Waals surface area contributed by atoms with Gasteiger partial charge in [-0.15, -0.1) is 0 Å². The van der Waals surface area contributed by atoms with E-state index in [1.54, 1.807) is 12.3 Å². The average Bonchev–Trinajstić information content (AvgIpc) is 2.32. The van der Waals surface area contributed by atoms with E-state index in [9.17, 15) is 0 Å². The number of nitrogen functional groups attached to an aromatic ring is 1. The molecule has 0 aliphatic carbocycles. The lowest BCUT2D eigenvalue weighted by molar-refractivity contribution is 1.11. The van der Waals surface area contributed by atoms with Crippen molar-refractivity contribution in [3.05, 3.63) is 47.7 Å². The molecule has 0 radical (unpaired) electrons. The molecule has 2 aromatic rings. The Morgan fingerprint density at radius 1 is 1.18 bits per heavy atom. The normalized spacial score (nSPS) is 10.2. The first-order valence-corrected chi connectivity index (χ1v) is 5.77. The van der Waals surface area contributed by atoms with Crippen LogP contribution in [0.25, 0.3) is 0 Å². The minimum Gasteiger partial charge on any atom is -0.384 e. The van der Waals surface area contributed by atoms with E-state index in [1.807, 2.05) is 6.07 Å². The van der Waals surface area contributed by atoms with Gasteiger partial charge in [-0.25, -0.2) is 4.98 Å². The van der Waals surface area contributed by atoms with Crippen molar-refractivity contribution in [3.63, 3.8) is 0 Å². The van der Waals surface area contributed by atoms with Crippen molar-refractivity contribution in [1.82, 2.24) is 4.98 Å². The van der Waals surface area contributed by atoms with Crippen molar-refractivity contribution in [2.24, 2.45) is 0 Å². The fourth-order valence-corrected chi connectivity index (χ4v) is 1.82. The SMILES string of the molecule is CCc1ccc(Nc2ccc(N)nc2)cc1C. The van der Waals surface area contributed by atoms with E-state index < -0.39 is 0 Å². The predicted molar refractivity (Wildman–Crippen MR) is 72.5 cm³/mol. The van der Waals surface area contributed by atoms with Gasteiger partial charge in [-0.2, -0.15) is 0 Å². The molecule has 0 fully saturated rings. The summed E-state index contributed by atoms with van der Waals surface area (Å²) in [7, 11) is 0. The second-order valence-corrected chi connectivity index (χ2v) is 4.09. The van der Waals surface area contributed by atoms with Gasteiger partial charge in [0.25, 0.3) is 0 Å². The maximum atomic E-state index is 5.54. The number of pyridine rings is 1. The van der Waals surface area contributed by atoms with Crippen LogP contribution in [0.15, 0.2) is 36.5 Å². The number of nitrogens with two attached hydrogens (primary N) is 1. The Morgan fingerprint density at radius 3 is 2.53 bits per heavy atom. The van der Waals surface area contributed by atoms with Crippen molar-refractivity contribution < 1.29 is 0 Å². The van der Waals surface area contributed by atoms with Crippen LogP contribution in [0, 0.1) is 6.92 Å². The van der Waals surface area contributed by atoms with Crippen LogP contribution in [0.5, 0.6) is 0 Å². The van der Waals surface area contributed by atoms with Crippen LogP contribution in [0.2, 0.25) is 0 Å². The fraction of sp³-hybridized carbons (Fsp3) is 0.214. The largest absolute Gasteiger partial charge is 0.384 e. The summed E-state index contributed by atoms with van der Waals surface area (Å²) in [6.45, 7) is 4.30. The quantitative estimate of drug-likeness (QED) is 0.846. The summed E-state index contributed by atoms with van der Waals surface area (Å²) >= 11 is 0. The smallest absolute Gasteiger partial charge is 0.123 e. The van der Waals surface area contributed by atoms with Crippen LogP contribution in [0.1, 0.15) is 18.1 Å². The number of aryl methyl sites for hydroxylation is 2. The van der Waals surface area contributed by atoms with Crippen molar-refractivity contribution in [1.29, 1.82) is 0 Å². The summed E-state index contributed by atoms with van der Waals surface area (Å²) in [4.78, 5) is 4.05. The highest BCUT2D eigenvalue weighted by Crippen LogP contribution is 2.20. The molecule has 1 aromatic carbocycles. The van der Waals surface area contributed by atoms with Crippen LogP contribution < -0.4 is 11.1 Å². The third-order valence-corrected chi connectivity index (χ3v) is 2.80. The zero-order valence-corrected chi connectivity index (χ0v) is 10.2. The van der Waals surface area contributed by atoms with E-state index in [1.165, 1.54) is 11.1 Å². The Morgan fingerprint density at radius 2 is 1.94 bits per heavy atom. The molecular formula is C14H17N3. The molecule has 1 aromatic heterocycles. The molecule has 1 heterocycles. The molecule has 0 aliphatic heterocycles. The molecule has 0 bridgehead atoms. The van der Waals surface area contributed by atoms with Crippen molar-refractivity contribution in [2.75, 3.05) is 11.1 Å². The summed E-state index contributed by atoms with van der Waals surface area (Å²) in [6.07, 6.45) is 2.80. The number of hydrogen-bond acceptors (Lipinski definition) is 3. The van der Waals surface area contributed by atoms with Gasteiger partial charge >= 0.3 is 0 Å². The van der Waals surface area contributed by atoms with Gasteiger partial charge in [0.2, 0.25) is 0 Å². The third-order valence-electron chi connectivity index (χ3n) is 2.80. The first-order valence-electron chi connectivity index (χ1n) is 5.77. The average molecular weight is 227 g/mol. The number of nitrogens with zero attached hydrogens (tertiary/aromatic N) is 1. The minimum absolute atomic E-state index is 0.535. The summed E-state index contributed by atoms with van der Waals surface area (Å²) in [6, 6.07) is 10.1. The van der Waals surface area contributed by atoms with Gasteiger partial charge < -0.3 is 11.1 Å². The van der Waals surface area contributed by atoms with E-state index in [0.717, 1.165) is 17.8 Å². The van der Waals surface area contributed by atoms with Gasteiger partial charge in [0.05, 0.1) is 11.9 Å². The van der Waals surface area contributed by atoms with E-state index in [2.05, 4.69) is 42.3 Å². The number of rotatable bonds is 3. The molecule has 3 heteroatoms. The first kappa shape index (κ1) is 11.5. The Kier molecular flexibility index (Phi) is 3.28. The number of hydrogen-bond donors (Lipinski definition) is 2. The maximum Gasteiger partial charge on any atom is 0.123 e. The number of aromatic nitrogens is 1. The lowest BCUT2D eigenvalue weighted by Crippen LogP contribution is -1.95. The summed E-state index contributed by atoms with van der Waals surface area (Å²) in [5.41, 5.74) is 10.3. The minimum atomic E-state index is 0.535. The standard InChI is InChI=1S/C14H17N3/c1-3-11-4-5-12(8-10(11)2)17-13-6-7-14(15)16-9-13/h4-9,17H,3H2,1-2H3,(H2,15,16). The topological polar surface area (TPSA) is 50.9 Å². The summed E-state index contributed by atoms with van der Waals surface area (Å²) in [5, 5.41) is 3.31. The van der Waals surface area contributed by atoms with Crippen molar-refractivity contribution in [2.45, 2.75) is 20.3 Å². The maximum absolute atomic E-state index is 5.54. The first-order chi connectivity index (χ1) is 8.19. The molecule has 0 aliphatic rings. The second kappa shape index (κ2) is 4.87. The van der Waals surface area contributed by atoms with Crippen LogP contribution in [0.4, 0.5) is 17.2 Å². The lowest BCUT2D eigenvalue weighted by atomic mass is 10.1. The molecule has 0 unspecified atom stereocenters. The molecule has 88 valence electrons. The molecule has 3 nitrogen and oxygen atoms in total. The van der Waals surface area contributed by atoms with Gasteiger partial charge in [0.1, 0.15) is 5.82 Å². The number of anilines is 3. The molecule has 0 spiro atoms. The zero-order chi connectivity index (χ0) is 12.3. The van der Waals surface area contributed by atoms with Crippen LogP contribution >= 0.6 is 0 Å². The highest BCUT2D eigenvalue weighted by Gasteiger charge is 1.99. The molecule has 3 N–H and O–H groups in total. The van der Waals surface area contributed by atoms with Crippen molar-refractivity contribution >= 4 is 17.2 Å². The summed E-state index contributed by atoms with van der Waals surface area (Å²) < 4.78 is 0. The van der Waals surface area contributed by atoms with E-state index in [0.29, 0.717) is 5.82 Å². The molecular weight excluding hydrogens is 210 g/mol. The van der Waals surface area contributed by atoms with Crippen molar-refractivity contribution in [3.8, 4) is 0 Å². The van der Waals surface area contributed by atoms with Gasteiger partial charge in [-0.3, -0.25) is 0 Å². The highest BCUT2D eigenvalue weighted by atomic mass is 14.9. The van der Waals surface area contributed by atoms with E-state index in [4.69, 9.17) is 5.73 Å². The van der Waals surface area contributed by atoms with Crippen LogP contribution in [-0.2, 0) is 6.42 Å². The van der Waals surface area contributed by atoms with Gasteiger partial charge in [-0.05, 0) is 48.7 Å².